The van der Waals surface area contributed by atoms with Gasteiger partial charge in [-0.05, 0) is 19.9 Å². The fourth-order valence-electron chi connectivity index (χ4n) is 1.77. The summed E-state index contributed by atoms with van der Waals surface area (Å²) in [5.74, 6) is -0.173. The van der Waals surface area contributed by atoms with Crippen LogP contribution in [-0.4, -0.2) is 14.5 Å². The minimum atomic E-state index is -0.670. The maximum absolute atomic E-state index is 14.0. The highest BCUT2D eigenvalue weighted by Crippen LogP contribution is 2.30. The summed E-state index contributed by atoms with van der Waals surface area (Å²) >= 11 is 3.04. The van der Waals surface area contributed by atoms with Gasteiger partial charge in [0.05, 0.1) is 10.6 Å². The van der Waals surface area contributed by atoms with Gasteiger partial charge in [-0.2, -0.15) is 0 Å². The molecule has 2 aromatic rings. The lowest BCUT2D eigenvalue weighted by molar-refractivity contribution is -0.384. The van der Waals surface area contributed by atoms with Crippen molar-refractivity contribution in [2.24, 2.45) is 0 Å². The second-order valence-corrected chi connectivity index (χ2v) is 4.73. The number of benzene rings is 1. The van der Waals surface area contributed by atoms with E-state index in [1.807, 2.05) is 0 Å². The molecule has 7 heteroatoms. The third kappa shape index (κ3) is 2.13. The van der Waals surface area contributed by atoms with E-state index in [2.05, 4.69) is 20.9 Å². The standard InChI is InChI=1S/C11H9BrFN3O2/c1-6-5-15(7(2)14-6)11-9(13)3-8(12)4-10(11)16(17)18/h3-5H,1-2H3. The Kier molecular flexibility index (Phi) is 3.16. The molecule has 0 amide bonds. The average Bonchev–Trinajstić information content (AvgIpc) is 2.56. The van der Waals surface area contributed by atoms with Gasteiger partial charge in [-0.15, -0.1) is 0 Å². The van der Waals surface area contributed by atoms with Crippen molar-refractivity contribution in [2.75, 3.05) is 0 Å². The Morgan fingerprint density at radius 2 is 2.11 bits per heavy atom. The zero-order valence-electron chi connectivity index (χ0n) is 9.65. The third-order valence-corrected chi connectivity index (χ3v) is 2.91. The van der Waals surface area contributed by atoms with Crippen LogP contribution >= 0.6 is 15.9 Å². The normalized spacial score (nSPS) is 10.7. The minimum absolute atomic E-state index is 0.0960. The van der Waals surface area contributed by atoms with Crippen LogP contribution in [0.3, 0.4) is 0 Å². The first-order chi connectivity index (χ1) is 8.40. The van der Waals surface area contributed by atoms with Crippen LogP contribution in [0.5, 0.6) is 0 Å². The molecule has 0 aliphatic rings. The molecule has 0 spiro atoms. The molecule has 1 aromatic heterocycles. The van der Waals surface area contributed by atoms with Crippen LogP contribution in [0.15, 0.2) is 22.8 Å². The smallest absolute Gasteiger partial charge is 0.295 e. The van der Waals surface area contributed by atoms with Crippen molar-refractivity contribution in [2.45, 2.75) is 13.8 Å². The summed E-state index contributed by atoms with van der Waals surface area (Å²) in [6.07, 6.45) is 1.56. The molecule has 0 bridgehead atoms. The summed E-state index contributed by atoms with van der Waals surface area (Å²) in [7, 11) is 0. The zero-order chi connectivity index (χ0) is 13.4. The first-order valence-corrected chi connectivity index (χ1v) is 5.86. The van der Waals surface area contributed by atoms with E-state index in [1.165, 1.54) is 16.7 Å². The number of rotatable bonds is 2. The van der Waals surface area contributed by atoms with Gasteiger partial charge in [0, 0.05) is 16.7 Å². The number of aromatic nitrogens is 2. The molecule has 2 rings (SSSR count). The molecule has 0 N–H and O–H groups in total. The molecule has 0 atom stereocenters. The van der Waals surface area contributed by atoms with Crippen molar-refractivity contribution < 1.29 is 9.31 Å². The Balaban J connectivity index is 2.77. The summed E-state index contributed by atoms with van der Waals surface area (Å²) in [6.45, 7) is 3.41. The predicted octanol–water partition coefficient (Wildman–Crippen LogP) is 3.30. The number of nitro benzene ring substituents is 1. The van der Waals surface area contributed by atoms with Crippen molar-refractivity contribution in [3.63, 3.8) is 0 Å². The van der Waals surface area contributed by atoms with Crippen LogP contribution in [0.4, 0.5) is 10.1 Å². The number of aryl methyl sites for hydroxylation is 2. The SMILES string of the molecule is Cc1cn(-c2c(F)cc(Br)cc2[N+](=O)[O-])c(C)n1. The second-order valence-electron chi connectivity index (χ2n) is 3.81. The Labute approximate surface area is 111 Å². The number of nitro groups is 1. The highest BCUT2D eigenvalue weighted by atomic mass is 79.9. The van der Waals surface area contributed by atoms with E-state index < -0.39 is 10.7 Å². The number of halogens is 2. The van der Waals surface area contributed by atoms with Crippen molar-refractivity contribution in [1.82, 2.24) is 9.55 Å². The summed E-state index contributed by atoms with van der Waals surface area (Å²) < 4.78 is 15.7. The lowest BCUT2D eigenvalue weighted by Gasteiger charge is -2.07. The first kappa shape index (κ1) is 12.7. The van der Waals surface area contributed by atoms with Crippen LogP contribution in [-0.2, 0) is 0 Å². The van der Waals surface area contributed by atoms with Gasteiger partial charge in [0.2, 0.25) is 0 Å². The fraction of sp³-hybridized carbons (Fsp3) is 0.182. The van der Waals surface area contributed by atoms with E-state index >= 15 is 0 Å². The Bertz CT molecular complexity index is 639. The van der Waals surface area contributed by atoms with Gasteiger partial charge < -0.3 is 0 Å². The van der Waals surface area contributed by atoms with E-state index in [-0.39, 0.29) is 11.4 Å². The van der Waals surface area contributed by atoms with E-state index in [9.17, 15) is 14.5 Å². The average molecular weight is 314 g/mol. The Morgan fingerprint density at radius 3 is 2.61 bits per heavy atom. The summed E-state index contributed by atoms with van der Waals surface area (Å²) in [4.78, 5) is 14.5. The van der Waals surface area contributed by atoms with Gasteiger partial charge in [-0.1, -0.05) is 15.9 Å². The molecule has 0 radical (unpaired) electrons. The monoisotopic (exact) mass is 313 g/mol. The van der Waals surface area contributed by atoms with Gasteiger partial charge >= 0.3 is 0 Å². The number of nitrogens with zero attached hydrogens (tertiary/aromatic N) is 3. The summed E-state index contributed by atoms with van der Waals surface area (Å²) in [6, 6.07) is 2.46. The lowest BCUT2D eigenvalue weighted by Crippen LogP contribution is -2.04. The minimum Gasteiger partial charge on any atom is -0.295 e. The molecule has 18 heavy (non-hydrogen) atoms. The van der Waals surface area contributed by atoms with Crippen LogP contribution in [0.2, 0.25) is 0 Å². The highest BCUT2D eigenvalue weighted by molar-refractivity contribution is 9.10. The van der Waals surface area contributed by atoms with Crippen LogP contribution in [0.25, 0.3) is 5.69 Å². The first-order valence-electron chi connectivity index (χ1n) is 5.06. The van der Waals surface area contributed by atoms with Gasteiger partial charge in [0.1, 0.15) is 5.82 Å². The number of imidazole rings is 1. The molecule has 0 fully saturated rings. The van der Waals surface area contributed by atoms with Gasteiger partial charge in [-0.3, -0.25) is 14.7 Å². The van der Waals surface area contributed by atoms with Gasteiger partial charge in [0.15, 0.2) is 11.5 Å². The van der Waals surface area contributed by atoms with E-state index in [0.717, 1.165) is 0 Å². The quantitative estimate of drug-likeness (QED) is 0.631. The second kappa shape index (κ2) is 4.49. The van der Waals surface area contributed by atoms with Gasteiger partial charge in [-0.25, -0.2) is 9.37 Å². The summed E-state index contributed by atoms with van der Waals surface area (Å²) in [5, 5.41) is 11.0. The molecule has 0 aliphatic heterocycles. The van der Waals surface area contributed by atoms with E-state index in [1.54, 1.807) is 20.0 Å². The highest BCUT2D eigenvalue weighted by Gasteiger charge is 2.22. The van der Waals surface area contributed by atoms with E-state index in [0.29, 0.717) is 16.0 Å². The molecule has 0 saturated carbocycles. The molecule has 0 unspecified atom stereocenters. The Hall–Kier alpha value is -1.76. The zero-order valence-corrected chi connectivity index (χ0v) is 11.2. The van der Waals surface area contributed by atoms with Crippen molar-refractivity contribution in [1.29, 1.82) is 0 Å². The third-order valence-electron chi connectivity index (χ3n) is 2.45. The maximum atomic E-state index is 14.0. The molecule has 94 valence electrons. The number of hydrogen-bond acceptors (Lipinski definition) is 3. The fourth-order valence-corrected chi connectivity index (χ4v) is 2.19. The van der Waals surface area contributed by atoms with Gasteiger partial charge in [0.25, 0.3) is 5.69 Å². The summed E-state index contributed by atoms with van der Waals surface area (Å²) in [5.41, 5.74) is 0.271. The van der Waals surface area contributed by atoms with Crippen molar-refractivity contribution >= 4 is 21.6 Å². The molecule has 5 nitrogen and oxygen atoms in total. The molecule has 1 aromatic carbocycles. The molecule has 1 heterocycles. The molecular weight excluding hydrogens is 305 g/mol. The van der Waals surface area contributed by atoms with Crippen molar-refractivity contribution in [3.8, 4) is 5.69 Å². The maximum Gasteiger partial charge on any atom is 0.297 e. The molecule has 0 aliphatic carbocycles. The molecule has 0 saturated heterocycles. The van der Waals surface area contributed by atoms with Crippen LogP contribution in [0.1, 0.15) is 11.5 Å². The number of hydrogen-bond donors (Lipinski definition) is 0. The Morgan fingerprint density at radius 1 is 1.44 bits per heavy atom. The van der Waals surface area contributed by atoms with E-state index in [4.69, 9.17) is 0 Å². The topological polar surface area (TPSA) is 61.0 Å². The van der Waals surface area contributed by atoms with Crippen LogP contribution < -0.4 is 0 Å². The van der Waals surface area contributed by atoms with Crippen LogP contribution in [0, 0.1) is 29.8 Å². The molecular formula is C11H9BrFN3O2. The lowest BCUT2D eigenvalue weighted by atomic mass is 10.2. The van der Waals surface area contributed by atoms with Crippen molar-refractivity contribution in [3.05, 3.63) is 50.3 Å². The predicted molar refractivity (Wildman–Crippen MR) is 67.4 cm³/mol. The largest absolute Gasteiger partial charge is 0.297 e.